The smallest absolute Gasteiger partial charge is 0.279 e. The number of rotatable bonds is 3. The molecule has 0 saturated heterocycles. The molecule has 3 aromatic rings. The Morgan fingerprint density at radius 1 is 1.20 bits per heavy atom. The average Bonchev–Trinajstić information content (AvgIpc) is 3.24. The molecule has 5 rings (SSSR count). The lowest BCUT2D eigenvalue weighted by Gasteiger charge is -2.23. The molecule has 1 aromatic carbocycles. The summed E-state index contributed by atoms with van der Waals surface area (Å²) in [6.07, 6.45) is 8.51. The van der Waals surface area contributed by atoms with Crippen molar-refractivity contribution >= 4 is 28.5 Å². The second kappa shape index (κ2) is 7.60. The Labute approximate surface area is 175 Å². The van der Waals surface area contributed by atoms with Crippen LogP contribution in [0.4, 0.5) is 10.1 Å². The number of hydrogen-bond donors (Lipinski definition) is 1. The van der Waals surface area contributed by atoms with Crippen LogP contribution in [-0.4, -0.2) is 20.6 Å². The Balaban J connectivity index is 1.77. The van der Waals surface area contributed by atoms with Gasteiger partial charge in [0.25, 0.3) is 5.91 Å². The summed E-state index contributed by atoms with van der Waals surface area (Å²) in [6, 6.07) is 7.78. The Kier molecular flexibility index (Phi) is 4.78. The standard InChI is InChI=1S/C22H19FN4O2S/c23-13-8-9-17-16(11-13)18(20(28)26-17)19-21(29)27(15-6-2-1-3-7-15)22(30-19)25-14-5-4-10-24-12-14/h4-5,8-12,15,29H,1-3,6-7H2. The zero-order valence-corrected chi connectivity index (χ0v) is 16.9. The molecular formula is C22H19FN4O2S. The molecule has 2 aromatic heterocycles. The number of benzene rings is 1. The van der Waals surface area contributed by atoms with E-state index < -0.39 is 11.7 Å². The summed E-state index contributed by atoms with van der Waals surface area (Å²) in [5, 5.41) is 12.0. The number of halogens is 1. The summed E-state index contributed by atoms with van der Waals surface area (Å²) in [4.78, 5) is 26.5. The van der Waals surface area contributed by atoms with E-state index in [1.807, 2.05) is 10.6 Å². The molecule has 0 bridgehead atoms. The van der Waals surface area contributed by atoms with Gasteiger partial charge in [-0.15, -0.1) is 0 Å². The maximum atomic E-state index is 13.9. The Hall–Kier alpha value is -3.13. The van der Waals surface area contributed by atoms with Gasteiger partial charge in [0.05, 0.1) is 22.8 Å². The van der Waals surface area contributed by atoms with Crippen LogP contribution in [0.15, 0.2) is 52.7 Å². The van der Waals surface area contributed by atoms with E-state index >= 15 is 0 Å². The first-order valence-corrected chi connectivity index (χ1v) is 10.8. The Morgan fingerprint density at radius 2 is 2.03 bits per heavy atom. The molecule has 6 nitrogen and oxygen atoms in total. The minimum absolute atomic E-state index is 0.00907. The normalized spacial score (nSPS) is 17.3. The molecule has 1 amide bonds. The van der Waals surface area contributed by atoms with Gasteiger partial charge in [0, 0.05) is 17.5 Å². The molecule has 1 N–H and O–H groups in total. The molecule has 3 heterocycles. The van der Waals surface area contributed by atoms with Crippen LogP contribution < -0.4 is 15.4 Å². The average molecular weight is 422 g/mol. The SMILES string of the molecule is O=C1N=c2ccc(F)cc2=C1c1sc(=Nc2cccnc2)n(C2CCCCC2)c1O. The Bertz CT molecular complexity index is 1320. The van der Waals surface area contributed by atoms with E-state index in [4.69, 9.17) is 4.99 Å². The molecule has 1 saturated carbocycles. The third kappa shape index (κ3) is 3.27. The number of nitrogens with zero attached hydrogens (tertiary/aromatic N) is 4. The monoisotopic (exact) mass is 422 g/mol. The van der Waals surface area contributed by atoms with Crippen molar-refractivity contribution in [2.45, 2.75) is 38.1 Å². The van der Waals surface area contributed by atoms with Gasteiger partial charge < -0.3 is 5.11 Å². The molecule has 0 spiro atoms. The van der Waals surface area contributed by atoms with Gasteiger partial charge in [0.2, 0.25) is 5.88 Å². The molecule has 1 aliphatic heterocycles. The van der Waals surface area contributed by atoms with Crippen LogP contribution in [0, 0.1) is 5.82 Å². The number of fused-ring (bicyclic) bond motifs is 1. The van der Waals surface area contributed by atoms with E-state index in [9.17, 15) is 14.3 Å². The van der Waals surface area contributed by atoms with Crippen molar-refractivity contribution in [3.63, 3.8) is 0 Å². The highest BCUT2D eigenvalue weighted by Gasteiger charge is 2.29. The maximum absolute atomic E-state index is 13.9. The number of hydrogen-bond acceptors (Lipinski definition) is 5. The number of pyridine rings is 1. The molecular weight excluding hydrogens is 403 g/mol. The molecule has 1 fully saturated rings. The fourth-order valence-corrected chi connectivity index (χ4v) is 5.29. The van der Waals surface area contributed by atoms with Gasteiger partial charge in [-0.2, -0.15) is 0 Å². The topological polar surface area (TPSA) is 79.8 Å². The fraction of sp³-hybridized carbons (Fsp3) is 0.273. The van der Waals surface area contributed by atoms with Gasteiger partial charge in [0.15, 0.2) is 4.80 Å². The van der Waals surface area contributed by atoms with E-state index in [0.717, 1.165) is 25.7 Å². The molecule has 152 valence electrons. The zero-order valence-electron chi connectivity index (χ0n) is 16.1. The lowest BCUT2D eigenvalue weighted by molar-refractivity contribution is -0.112. The van der Waals surface area contributed by atoms with Gasteiger partial charge in [0.1, 0.15) is 10.7 Å². The maximum Gasteiger partial charge on any atom is 0.279 e. The van der Waals surface area contributed by atoms with Gasteiger partial charge in [-0.1, -0.05) is 30.6 Å². The van der Waals surface area contributed by atoms with E-state index in [1.54, 1.807) is 18.5 Å². The summed E-state index contributed by atoms with van der Waals surface area (Å²) in [5.74, 6) is -0.936. The minimum Gasteiger partial charge on any atom is -0.493 e. The van der Waals surface area contributed by atoms with Crippen LogP contribution in [0.1, 0.15) is 43.0 Å². The highest BCUT2D eigenvalue weighted by molar-refractivity contribution is 7.11. The lowest BCUT2D eigenvalue weighted by Crippen LogP contribution is -2.23. The van der Waals surface area contributed by atoms with Gasteiger partial charge >= 0.3 is 0 Å². The lowest BCUT2D eigenvalue weighted by atomic mass is 9.95. The molecule has 30 heavy (non-hydrogen) atoms. The van der Waals surface area contributed by atoms with Crippen molar-refractivity contribution in [3.8, 4) is 5.88 Å². The number of aromatic hydroxyl groups is 1. The largest absolute Gasteiger partial charge is 0.493 e. The first-order valence-electron chi connectivity index (χ1n) is 9.94. The van der Waals surface area contributed by atoms with E-state index in [1.165, 1.54) is 36.0 Å². The van der Waals surface area contributed by atoms with Crippen molar-refractivity contribution in [3.05, 3.63) is 68.8 Å². The molecule has 0 radical (unpaired) electrons. The van der Waals surface area contributed by atoms with Crippen LogP contribution in [0.25, 0.3) is 5.57 Å². The summed E-state index contributed by atoms with van der Waals surface area (Å²) < 4.78 is 15.7. The molecule has 2 aliphatic rings. The fourth-order valence-electron chi connectivity index (χ4n) is 4.13. The number of carbonyl (C=O) groups excluding carboxylic acids is 1. The van der Waals surface area contributed by atoms with Crippen LogP contribution in [0.2, 0.25) is 0 Å². The summed E-state index contributed by atoms with van der Waals surface area (Å²) in [5.41, 5.74) is 0.887. The van der Waals surface area contributed by atoms with Crippen molar-refractivity contribution in [1.82, 2.24) is 9.55 Å². The van der Waals surface area contributed by atoms with Crippen LogP contribution in [0.3, 0.4) is 0 Å². The second-order valence-corrected chi connectivity index (χ2v) is 8.45. The summed E-state index contributed by atoms with van der Waals surface area (Å²) >= 11 is 1.22. The van der Waals surface area contributed by atoms with Crippen LogP contribution in [0.5, 0.6) is 5.88 Å². The first-order chi connectivity index (χ1) is 14.6. The minimum atomic E-state index is -0.476. The zero-order chi connectivity index (χ0) is 20.7. The third-order valence-electron chi connectivity index (χ3n) is 5.53. The highest BCUT2D eigenvalue weighted by atomic mass is 32.1. The number of thiazole rings is 1. The first kappa shape index (κ1) is 18.9. The highest BCUT2D eigenvalue weighted by Crippen LogP contribution is 2.36. The van der Waals surface area contributed by atoms with Gasteiger partial charge in [-0.25, -0.2) is 14.4 Å². The molecule has 1 aliphatic carbocycles. The quantitative estimate of drug-likeness (QED) is 0.705. The van der Waals surface area contributed by atoms with Crippen molar-refractivity contribution in [2.24, 2.45) is 9.98 Å². The van der Waals surface area contributed by atoms with Crippen LogP contribution >= 0.6 is 11.3 Å². The molecule has 0 unspecified atom stereocenters. The number of carbonyl (C=O) groups is 1. The van der Waals surface area contributed by atoms with Crippen molar-refractivity contribution < 1.29 is 14.3 Å². The van der Waals surface area contributed by atoms with E-state index in [-0.39, 0.29) is 17.5 Å². The predicted octanol–water partition coefficient (Wildman–Crippen LogP) is 2.89. The Morgan fingerprint density at radius 3 is 2.80 bits per heavy atom. The summed E-state index contributed by atoms with van der Waals surface area (Å²) in [6.45, 7) is 0. The van der Waals surface area contributed by atoms with Crippen molar-refractivity contribution in [2.75, 3.05) is 0 Å². The van der Waals surface area contributed by atoms with Crippen LogP contribution in [-0.2, 0) is 4.79 Å². The van der Waals surface area contributed by atoms with Gasteiger partial charge in [-0.05, 0) is 43.2 Å². The molecule has 8 heteroatoms. The van der Waals surface area contributed by atoms with E-state index in [0.29, 0.717) is 25.9 Å². The summed E-state index contributed by atoms with van der Waals surface area (Å²) in [7, 11) is 0. The predicted molar refractivity (Wildman–Crippen MR) is 110 cm³/mol. The second-order valence-electron chi connectivity index (χ2n) is 7.48. The number of aromatic nitrogens is 2. The third-order valence-corrected chi connectivity index (χ3v) is 6.59. The molecule has 0 atom stereocenters. The number of amides is 1. The van der Waals surface area contributed by atoms with E-state index in [2.05, 4.69) is 9.98 Å². The van der Waals surface area contributed by atoms with Crippen molar-refractivity contribution in [1.29, 1.82) is 0 Å². The van der Waals surface area contributed by atoms with Gasteiger partial charge in [-0.3, -0.25) is 14.3 Å².